The summed E-state index contributed by atoms with van der Waals surface area (Å²) in [7, 11) is -1.51. The Hall–Kier alpha value is -0.460. The Morgan fingerprint density at radius 2 is 2.05 bits per heavy atom. The van der Waals surface area contributed by atoms with Crippen LogP contribution in [0.15, 0.2) is 16.6 Å². The number of halogens is 2. The highest BCUT2D eigenvalue weighted by Crippen LogP contribution is 2.37. The SMILES string of the molecule is CCS(=O)(=O)CCOc1c(Br)cc(CCl)cc1OC. The molecule has 0 atom stereocenters. The van der Waals surface area contributed by atoms with Gasteiger partial charge in [-0.3, -0.25) is 0 Å². The summed E-state index contributed by atoms with van der Waals surface area (Å²) in [5, 5.41) is 0. The number of rotatable bonds is 7. The van der Waals surface area contributed by atoms with E-state index in [1.807, 2.05) is 6.07 Å². The number of sulfone groups is 1. The summed E-state index contributed by atoms with van der Waals surface area (Å²) < 4.78 is 34.2. The smallest absolute Gasteiger partial charge is 0.175 e. The first kappa shape index (κ1) is 16.6. The highest BCUT2D eigenvalue weighted by molar-refractivity contribution is 9.10. The van der Waals surface area contributed by atoms with Crippen molar-refractivity contribution in [3.63, 3.8) is 0 Å². The second kappa shape index (κ2) is 7.36. The molecule has 0 heterocycles. The fourth-order valence-electron chi connectivity index (χ4n) is 1.41. The number of hydrogen-bond acceptors (Lipinski definition) is 4. The Balaban J connectivity index is 2.83. The van der Waals surface area contributed by atoms with Crippen molar-refractivity contribution in [3.05, 3.63) is 22.2 Å². The normalized spacial score (nSPS) is 11.4. The van der Waals surface area contributed by atoms with Crippen LogP contribution in [0.3, 0.4) is 0 Å². The first-order valence-corrected chi connectivity index (χ1v) is 8.84. The van der Waals surface area contributed by atoms with Gasteiger partial charge in [-0.25, -0.2) is 8.42 Å². The zero-order valence-electron chi connectivity index (χ0n) is 10.8. The maximum atomic E-state index is 11.4. The van der Waals surface area contributed by atoms with Gasteiger partial charge < -0.3 is 9.47 Å². The molecule has 0 radical (unpaired) electrons. The van der Waals surface area contributed by atoms with Gasteiger partial charge in [0.25, 0.3) is 0 Å². The quantitative estimate of drug-likeness (QED) is 0.691. The minimum absolute atomic E-state index is 0.0175. The second-order valence-electron chi connectivity index (χ2n) is 3.83. The standard InChI is InChI=1S/C12H16BrClO4S/c1-3-19(15,16)5-4-18-12-10(13)6-9(8-14)7-11(12)17-2/h6-7H,3-5,8H2,1-2H3. The van der Waals surface area contributed by atoms with Crippen LogP contribution in [-0.2, 0) is 15.7 Å². The average Bonchev–Trinajstić information content (AvgIpc) is 2.39. The Morgan fingerprint density at radius 3 is 2.58 bits per heavy atom. The van der Waals surface area contributed by atoms with Gasteiger partial charge in [0, 0.05) is 11.6 Å². The summed E-state index contributed by atoms with van der Waals surface area (Å²) >= 11 is 9.13. The Kier molecular flexibility index (Phi) is 6.42. The third-order valence-corrected chi connectivity index (χ3v) is 5.09. The van der Waals surface area contributed by atoms with Gasteiger partial charge in [0.05, 0.1) is 17.3 Å². The van der Waals surface area contributed by atoms with Crippen LogP contribution >= 0.6 is 27.5 Å². The highest BCUT2D eigenvalue weighted by atomic mass is 79.9. The van der Waals surface area contributed by atoms with Gasteiger partial charge in [-0.1, -0.05) is 6.92 Å². The molecule has 1 rings (SSSR count). The molecule has 0 amide bonds. The fourth-order valence-corrected chi connectivity index (χ4v) is 2.79. The van der Waals surface area contributed by atoms with E-state index in [0.29, 0.717) is 21.9 Å². The van der Waals surface area contributed by atoms with Crippen LogP contribution in [0.1, 0.15) is 12.5 Å². The van der Waals surface area contributed by atoms with E-state index < -0.39 is 9.84 Å². The van der Waals surface area contributed by atoms with Gasteiger partial charge in [0.15, 0.2) is 21.3 Å². The molecule has 0 unspecified atom stereocenters. The van der Waals surface area contributed by atoms with Gasteiger partial charge in [-0.15, -0.1) is 11.6 Å². The van der Waals surface area contributed by atoms with Gasteiger partial charge in [-0.2, -0.15) is 0 Å². The summed E-state index contributed by atoms with van der Waals surface area (Å²) in [5.41, 5.74) is 0.888. The van der Waals surface area contributed by atoms with Crippen molar-refractivity contribution >= 4 is 37.4 Å². The zero-order chi connectivity index (χ0) is 14.5. The van der Waals surface area contributed by atoms with Crippen LogP contribution in [0.5, 0.6) is 11.5 Å². The van der Waals surface area contributed by atoms with E-state index in [1.165, 1.54) is 7.11 Å². The molecule has 1 aromatic rings. The van der Waals surface area contributed by atoms with Crippen LogP contribution in [-0.4, -0.2) is 33.6 Å². The van der Waals surface area contributed by atoms with Crippen molar-refractivity contribution in [1.29, 1.82) is 0 Å². The lowest BCUT2D eigenvalue weighted by Crippen LogP contribution is -2.16. The van der Waals surface area contributed by atoms with Crippen molar-refractivity contribution in [3.8, 4) is 11.5 Å². The number of ether oxygens (including phenoxy) is 2. The highest BCUT2D eigenvalue weighted by Gasteiger charge is 2.13. The molecule has 19 heavy (non-hydrogen) atoms. The third-order valence-electron chi connectivity index (χ3n) is 2.52. The lowest BCUT2D eigenvalue weighted by Gasteiger charge is -2.13. The maximum absolute atomic E-state index is 11.4. The van der Waals surface area contributed by atoms with Gasteiger partial charge >= 0.3 is 0 Å². The minimum Gasteiger partial charge on any atom is -0.493 e. The summed E-state index contributed by atoms with van der Waals surface area (Å²) in [6, 6.07) is 3.58. The van der Waals surface area contributed by atoms with Crippen molar-refractivity contribution in [2.75, 3.05) is 25.2 Å². The number of alkyl halides is 1. The third kappa shape index (κ3) is 4.85. The average molecular weight is 372 g/mol. The number of benzene rings is 1. The van der Waals surface area contributed by atoms with Crippen LogP contribution in [0.4, 0.5) is 0 Å². The monoisotopic (exact) mass is 370 g/mol. The van der Waals surface area contributed by atoms with E-state index in [4.69, 9.17) is 21.1 Å². The topological polar surface area (TPSA) is 52.6 Å². The first-order chi connectivity index (χ1) is 8.93. The minimum atomic E-state index is -3.04. The first-order valence-electron chi connectivity index (χ1n) is 5.69. The molecule has 0 N–H and O–H groups in total. The molecule has 0 aliphatic carbocycles. The van der Waals surface area contributed by atoms with Crippen molar-refractivity contribution in [2.24, 2.45) is 0 Å². The Morgan fingerprint density at radius 1 is 1.37 bits per heavy atom. The van der Waals surface area contributed by atoms with E-state index in [0.717, 1.165) is 5.56 Å². The van der Waals surface area contributed by atoms with E-state index in [9.17, 15) is 8.42 Å². The molecule has 0 saturated carbocycles. The molecule has 0 bridgehead atoms. The van der Waals surface area contributed by atoms with E-state index in [2.05, 4.69) is 15.9 Å². The number of methoxy groups -OCH3 is 1. The summed E-state index contributed by atoms with van der Waals surface area (Å²) in [4.78, 5) is 0. The van der Waals surface area contributed by atoms with Crippen LogP contribution < -0.4 is 9.47 Å². The van der Waals surface area contributed by atoms with Crippen molar-refractivity contribution in [2.45, 2.75) is 12.8 Å². The van der Waals surface area contributed by atoms with Gasteiger partial charge in [-0.05, 0) is 33.6 Å². The van der Waals surface area contributed by atoms with Crippen LogP contribution in [0.25, 0.3) is 0 Å². The van der Waals surface area contributed by atoms with E-state index >= 15 is 0 Å². The van der Waals surface area contributed by atoms with Crippen LogP contribution in [0, 0.1) is 0 Å². The van der Waals surface area contributed by atoms with E-state index in [1.54, 1.807) is 13.0 Å². The molecule has 108 valence electrons. The molecule has 0 aliphatic heterocycles. The molecular weight excluding hydrogens is 356 g/mol. The largest absolute Gasteiger partial charge is 0.493 e. The lowest BCUT2D eigenvalue weighted by atomic mass is 10.2. The summed E-state index contributed by atoms with van der Waals surface area (Å²) in [5.74, 6) is 1.47. The summed E-state index contributed by atoms with van der Waals surface area (Å²) in [6.07, 6.45) is 0. The number of hydrogen-bond donors (Lipinski definition) is 0. The molecular formula is C12H16BrClO4S. The van der Waals surface area contributed by atoms with Crippen LogP contribution in [0.2, 0.25) is 0 Å². The predicted octanol–water partition coefficient (Wildman–Crippen LogP) is 3.01. The molecule has 7 heteroatoms. The lowest BCUT2D eigenvalue weighted by molar-refractivity contribution is 0.309. The zero-order valence-corrected chi connectivity index (χ0v) is 13.9. The van der Waals surface area contributed by atoms with Crippen molar-refractivity contribution < 1.29 is 17.9 Å². The second-order valence-corrected chi connectivity index (χ2v) is 7.42. The molecule has 0 aromatic heterocycles. The fraction of sp³-hybridized carbons (Fsp3) is 0.500. The molecule has 0 fully saturated rings. The van der Waals surface area contributed by atoms with Gasteiger partial charge in [0.2, 0.25) is 0 Å². The molecule has 0 spiro atoms. The van der Waals surface area contributed by atoms with E-state index in [-0.39, 0.29) is 18.1 Å². The molecule has 1 aromatic carbocycles. The Bertz CT molecular complexity index is 531. The summed E-state index contributed by atoms with van der Waals surface area (Å²) in [6.45, 7) is 1.70. The molecule has 4 nitrogen and oxygen atoms in total. The van der Waals surface area contributed by atoms with Gasteiger partial charge in [0.1, 0.15) is 6.61 Å². The van der Waals surface area contributed by atoms with Crippen molar-refractivity contribution in [1.82, 2.24) is 0 Å². The predicted molar refractivity (Wildman–Crippen MR) is 80.1 cm³/mol. The molecule has 0 aliphatic rings. The molecule has 0 saturated heterocycles. The maximum Gasteiger partial charge on any atom is 0.175 e. The Labute approximate surface area is 127 Å².